The summed E-state index contributed by atoms with van der Waals surface area (Å²) >= 11 is 0. The lowest BCUT2D eigenvalue weighted by atomic mass is 9.83. The van der Waals surface area contributed by atoms with Gasteiger partial charge in [0.2, 0.25) is 11.8 Å². The Morgan fingerprint density at radius 1 is 1.32 bits per heavy atom. The zero-order valence-corrected chi connectivity index (χ0v) is 12.7. The molecular weight excluding hydrogens is 244 g/mol. The van der Waals surface area contributed by atoms with Gasteiger partial charge in [0.25, 0.3) is 0 Å². The average molecular weight is 270 g/mol. The van der Waals surface area contributed by atoms with Crippen molar-refractivity contribution >= 4 is 11.8 Å². The van der Waals surface area contributed by atoms with Crippen molar-refractivity contribution in [3.05, 3.63) is 0 Å². The molecule has 1 rings (SSSR count). The van der Waals surface area contributed by atoms with Crippen LogP contribution >= 0.6 is 0 Å². The van der Waals surface area contributed by atoms with Crippen molar-refractivity contribution < 1.29 is 14.3 Å². The standard InChI is InChI=1S/C14H26N2O3/c1-6-19-9-7-8-16-11(14(3,4)5)12(17)15-10(2)13(16)18/h10-11H,6-9H2,1-5H3,(H,15,17). The molecule has 0 aromatic rings. The summed E-state index contributed by atoms with van der Waals surface area (Å²) in [5.41, 5.74) is -0.272. The molecule has 0 saturated carbocycles. The van der Waals surface area contributed by atoms with Crippen LogP contribution in [-0.2, 0) is 14.3 Å². The SMILES string of the molecule is CCOCCCN1C(=O)C(C)NC(=O)C1C(C)(C)C. The third-order valence-electron chi connectivity index (χ3n) is 3.28. The topological polar surface area (TPSA) is 58.6 Å². The number of carbonyl (C=O) groups is 2. The molecule has 0 radical (unpaired) electrons. The van der Waals surface area contributed by atoms with Crippen molar-refractivity contribution in [3.63, 3.8) is 0 Å². The maximum absolute atomic E-state index is 12.3. The molecule has 2 unspecified atom stereocenters. The number of amides is 2. The minimum atomic E-state index is -0.432. The van der Waals surface area contributed by atoms with Crippen LogP contribution < -0.4 is 5.32 Å². The second-order valence-corrected chi connectivity index (χ2v) is 6.08. The van der Waals surface area contributed by atoms with Crippen LogP contribution in [0.25, 0.3) is 0 Å². The first-order valence-electron chi connectivity index (χ1n) is 6.97. The van der Waals surface area contributed by atoms with Crippen molar-refractivity contribution in [1.82, 2.24) is 10.2 Å². The lowest BCUT2D eigenvalue weighted by molar-refractivity contribution is -0.153. The van der Waals surface area contributed by atoms with Gasteiger partial charge in [-0.15, -0.1) is 0 Å². The number of hydrogen-bond acceptors (Lipinski definition) is 3. The molecule has 1 N–H and O–H groups in total. The molecule has 0 spiro atoms. The van der Waals surface area contributed by atoms with Crippen LogP contribution in [-0.4, -0.2) is 48.6 Å². The predicted octanol–water partition coefficient (Wildman–Crippen LogP) is 1.17. The Labute approximate surface area is 115 Å². The maximum atomic E-state index is 12.3. The van der Waals surface area contributed by atoms with E-state index in [9.17, 15) is 9.59 Å². The zero-order chi connectivity index (χ0) is 14.6. The molecule has 1 aliphatic rings. The molecule has 2 atom stereocenters. The van der Waals surface area contributed by atoms with E-state index in [1.54, 1.807) is 11.8 Å². The fraction of sp³-hybridized carbons (Fsp3) is 0.857. The second-order valence-electron chi connectivity index (χ2n) is 6.08. The lowest BCUT2D eigenvalue weighted by Gasteiger charge is -2.44. The average Bonchev–Trinajstić information content (AvgIpc) is 2.28. The summed E-state index contributed by atoms with van der Waals surface area (Å²) in [7, 11) is 0. The molecule has 1 saturated heterocycles. The largest absolute Gasteiger partial charge is 0.382 e. The van der Waals surface area contributed by atoms with Gasteiger partial charge < -0.3 is 15.0 Å². The molecule has 1 fully saturated rings. The quantitative estimate of drug-likeness (QED) is 0.763. The highest BCUT2D eigenvalue weighted by Gasteiger charge is 2.44. The molecule has 5 heteroatoms. The van der Waals surface area contributed by atoms with Gasteiger partial charge in [0.15, 0.2) is 0 Å². The Hall–Kier alpha value is -1.10. The van der Waals surface area contributed by atoms with Gasteiger partial charge in [0, 0.05) is 19.8 Å². The van der Waals surface area contributed by atoms with E-state index < -0.39 is 12.1 Å². The number of piperazine rings is 1. The minimum Gasteiger partial charge on any atom is -0.382 e. The van der Waals surface area contributed by atoms with Crippen LogP contribution in [0.1, 0.15) is 41.0 Å². The van der Waals surface area contributed by atoms with Gasteiger partial charge in [-0.1, -0.05) is 20.8 Å². The van der Waals surface area contributed by atoms with Crippen molar-refractivity contribution in [2.45, 2.75) is 53.1 Å². The Morgan fingerprint density at radius 2 is 1.95 bits per heavy atom. The van der Waals surface area contributed by atoms with Gasteiger partial charge >= 0.3 is 0 Å². The summed E-state index contributed by atoms with van der Waals surface area (Å²) in [6, 6.07) is -0.837. The van der Waals surface area contributed by atoms with E-state index in [0.29, 0.717) is 19.8 Å². The minimum absolute atomic E-state index is 0.00368. The Bertz CT molecular complexity index is 336. The zero-order valence-electron chi connectivity index (χ0n) is 12.7. The molecule has 0 aromatic carbocycles. The van der Waals surface area contributed by atoms with Crippen LogP contribution in [0, 0.1) is 5.41 Å². The van der Waals surface area contributed by atoms with E-state index in [1.165, 1.54) is 0 Å². The fourth-order valence-electron chi connectivity index (χ4n) is 2.45. The fourth-order valence-corrected chi connectivity index (χ4v) is 2.45. The van der Waals surface area contributed by atoms with E-state index in [4.69, 9.17) is 4.74 Å². The Kier molecular flexibility index (Phi) is 5.35. The van der Waals surface area contributed by atoms with E-state index in [-0.39, 0.29) is 17.2 Å². The van der Waals surface area contributed by atoms with Crippen molar-refractivity contribution in [3.8, 4) is 0 Å². The number of ether oxygens (including phenoxy) is 1. The van der Waals surface area contributed by atoms with Gasteiger partial charge in [-0.2, -0.15) is 0 Å². The molecule has 1 heterocycles. The number of carbonyl (C=O) groups excluding carboxylic acids is 2. The van der Waals surface area contributed by atoms with E-state index in [2.05, 4.69) is 5.32 Å². The molecule has 0 aromatic heterocycles. The monoisotopic (exact) mass is 270 g/mol. The van der Waals surface area contributed by atoms with Gasteiger partial charge in [0.05, 0.1) is 0 Å². The molecule has 2 amide bonds. The Balaban J connectivity index is 2.78. The van der Waals surface area contributed by atoms with Gasteiger partial charge in [0.1, 0.15) is 12.1 Å². The van der Waals surface area contributed by atoms with Crippen LogP contribution in [0.5, 0.6) is 0 Å². The normalized spacial score (nSPS) is 24.6. The van der Waals surface area contributed by atoms with Crippen LogP contribution in [0.2, 0.25) is 0 Å². The summed E-state index contributed by atoms with van der Waals surface area (Å²) in [5, 5.41) is 2.76. The smallest absolute Gasteiger partial charge is 0.245 e. The van der Waals surface area contributed by atoms with Crippen LogP contribution in [0.3, 0.4) is 0 Å². The number of nitrogens with one attached hydrogen (secondary N) is 1. The highest BCUT2D eigenvalue weighted by molar-refractivity contribution is 5.97. The second kappa shape index (κ2) is 6.37. The van der Waals surface area contributed by atoms with Crippen molar-refractivity contribution in [1.29, 1.82) is 0 Å². The third kappa shape index (κ3) is 3.93. The molecule has 0 aliphatic carbocycles. The van der Waals surface area contributed by atoms with Gasteiger partial charge in [-0.3, -0.25) is 9.59 Å². The van der Waals surface area contributed by atoms with Crippen molar-refractivity contribution in [2.24, 2.45) is 5.41 Å². The van der Waals surface area contributed by atoms with E-state index in [1.807, 2.05) is 27.7 Å². The highest BCUT2D eigenvalue weighted by atomic mass is 16.5. The highest BCUT2D eigenvalue weighted by Crippen LogP contribution is 2.27. The van der Waals surface area contributed by atoms with Crippen LogP contribution in [0.15, 0.2) is 0 Å². The van der Waals surface area contributed by atoms with E-state index >= 15 is 0 Å². The van der Waals surface area contributed by atoms with E-state index in [0.717, 1.165) is 6.42 Å². The Morgan fingerprint density at radius 3 is 2.47 bits per heavy atom. The third-order valence-corrected chi connectivity index (χ3v) is 3.28. The van der Waals surface area contributed by atoms with Crippen molar-refractivity contribution in [2.75, 3.05) is 19.8 Å². The number of nitrogens with zero attached hydrogens (tertiary/aromatic N) is 1. The number of hydrogen-bond donors (Lipinski definition) is 1. The summed E-state index contributed by atoms with van der Waals surface area (Å²) in [6.07, 6.45) is 0.756. The summed E-state index contributed by atoms with van der Waals surface area (Å²) in [5.74, 6) is -0.0629. The first-order valence-corrected chi connectivity index (χ1v) is 6.97. The molecule has 0 bridgehead atoms. The summed E-state index contributed by atoms with van der Waals surface area (Å²) in [4.78, 5) is 26.1. The summed E-state index contributed by atoms with van der Waals surface area (Å²) in [6.45, 7) is 11.5. The first kappa shape index (κ1) is 16.0. The van der Waals surface area contributed by atoms with Gasteiger partial charge in [-0.05, 0) is 25.7 Å². The maximum Gasteiger partial charge on any atom is 0.245 e. The van der Waals surface area contributed by atoms with Gasteiger partial charge in [-0.25, -0.2) is 0 Å². The molecule has 5 nitrogen and oxygen atoms in total. The first-order chi connectivity index (χ1) is 8.79. The molecule has 19 heavy (non-hydrogen) atoms. The lowest BCUT2D eigenvalue weighted by Crippen LogP contribution is -2.66. The predicted molar refractivity (Wildman–Crippen MR) is 73.7 cm³/mol. The number of rotatable bonds is 5. The van der Waals surface area contributed by atoms with Crippen LogP contribution in [0.4, 0.5) is 0 Å². The molecular formula is C14H26N2O3. The molecule has 110 valence electrons. The molecule has 1 aliphatic heterocycles. The summed E-state index contributed by atoms with van der Waals surface area (Å²) < 4.78 is 5.30.